The lowest BCUT2D eigenvalue weighted by molar-refractivity contribution is -0.146. The highest BCUT2D eigenvalue weighted by Gasteiger charge is 2.36. The molecule has 0 aromatic rings. The van der Waals surface area contributed by atoms with Gasteiger partial charge in [0.2, 0.25) is 29.4 Å². The Labute approximate surface area is 306 Å². The summed E-state index contributed by atoms with van der Waals surface area (Å²) in [6.45, 7) is 8.63. The highest BCUT2D eigenvalue weighted by molar-refractivity contribution is 6.38. The van der Waals surface area contributed by atoms with Gasteiger partial charge in [0, 0.05) is 13.0 Å². The van der Waals surface area contributed by atoms with Gasteiger partial charge in [-0.1, -0.05) is 39.5 Å². The van der Waals surface area contributed by atoms with Crippen LogP contribution in [0.2, 0.25) is 0 Å². The predicted molar refractivity (Wildman–Crippen MR) is 190 cm³/mol. The molecule has 2 fully saturated rings. The van der Waals surface area contributed by atoms with Crippen molar-refractivity contribution < 1.29 is 47.8 Å². The molecule has 1 aliphatic heterocycles. The number of hydrogen-bond donors (Lipinski definition) is 6. The van der Waals surface area contributed by atoms with Gasteiger partial charge in [0.05, 0.1) is 12.6 Å². The number of Topliss-reactive ketones (excluding diaryl/α,β-unsaturated/α-hetero) is 1. The Morgan fingerprint density at radius 2 is 1.54 bits per heavy atom. The minimum absolute atomic E-state index is 0.109. The van der Waals surface area contributed by atoms with Crippen molar-refractivity contribution in [1.82, 2.24) is 31.9 Å². The summed E-state index contributed by atoms with van der Waals surface area (Å²) in [5, 5.41) is 15.9. The second kappa shape index (κ2) is 22.6. The Morgan fingerprint density at radius 1 is 0.846 bits per heavy atom. The molecule has 1 aliphatic carbocycles. The van der Waals surface area contributed by atoms with Crippen LogP contribution in [0.5, 0.6) is 0 Å². The van der Waals surface area contributed by atoms with Crippen LogP contribution in [0.3, 0.4) is 0 Å². The van der Waals surface area contributed by atoms with Gasteiger partial charge >= 0.3 is 12.1 Å². The zero-order valence-corrected chi connectivity index (χ0v) is 31.5. The first kappa shape index (κ1) is 43.9. The molecule has 294 valence electrons. The van der Waals surface area contributed by atoms with E-state index in [-0.39, 0.29) is 44.1 Å². The lowest BCUT2D eigenvalue weighted by Gasteiger charge is -2.33. The lowest BCUT2D eigenvalue weighted by atomic mass is 9.83. The predicted octanol–water partition coefficient (Wildman–Crippen LogP) is 1.82. The van der Waals surface area contributed by atoms with E-state index in [1.807, 2.05) is 6.92 Å². The third kappa shape index (κ3) is 16.4. The van der Waals surface area contributed by atoms with Gasteiger partial charge in [-0.2, -0.15) is 0 Å². The fraction of sp³-hybridized carbons (Fsp3) is 0.778. The van der Waals surface area contributed by atoms with Crippen LogP contribution in [-0.2, 0) is 43.0 Å². The quantitative estimate of drug-likeness (QED) is 0.126. The average molecular weight is 737 g/mol. The summed E-state index contributed by atoms with van der Waals surface area (Å²) in [6, 6.07) is -4.51. The number of nitrogens with one attached hydrogen (secondary N) is 6. The largest absolute Gasteiger partial charge is 0.464 e. The van der Waals surface area contributed by atoms with Crippen LogP contribution in [0.15, 0.2) is 0 Å². The molecule has 0 bridgehead atoms. The van der Waals surface area contributed by atoms with E-state index in [4.69, 9.17) is 9.47 Å². The molecule has 0 aromatic heterocycles. The highest BCUT2D eigenvalue weighted by atomic mass is 16.6. The zero-order valence-electron chi connectivity index (χ0n) is 31.5. The fourth-order valence-electron chi connectivity index (χ4n) is 6.12. The molecule has 0 spiro atoms. The minimum atomic E-state index is -1.23. The van der Waals surface area contributed by atoms with Gasteiger partial charge in [-0.25, -0.2) is 4.79 Å². The number of carbonyl (C=O) groups excluding carboxylic acids is 8. The van der Waals surface area contributed by atoms with Crippen LogP contribution in [0.4, 0.5) is 4.79 Å². The number of carbonyl (C=O) groups is 8. The number of ether oxygens (including phenoxy) is 2. The maximum atomic E-state index is 14.1. The van der Waals surface area contributed by atoms with Crippen molar-refractivity contribution in [3.05, 3.63) is 0 Å². The van der Waals surface area contributed by atoms with E-state index in [1.165, 1.54) is 0 Å². The van der Waals surface area contributed by atoms with E-state index >= 15 is 0 Å². The van der Waals surface area contributed by atoms with Crippen molar-refractivity contribution in [2.75, 3.05) is 19.7 Å². The SMILES string of the molecule is CCCOC(=O)CNC(=O)C(=O)C(CCC)NC(=O)C1CCCCNC(=O)CCCC(NC(=O)OC(C)(C)C)C(=O)NC(C2CCCCC2)C(=O)N1. The van der Waals surface area contributed by atoms with Crippen LogP contribution in [0, 0.1) is 5.92 Å². The molecule has 52 heavy (non-hydrogen) atoms. The first-order chi connectivity index (χ1) is 24.6. The van der Waals surface area contributed by atoms with Crippen LogP contribution in [0.25, 0.3) is 0 Å². The molecule has 2 rings (SSSR count). The van der Waals surface area contributed by atoms with Crippen LogP contribution < -0.4 is 31.9 Å². The monoisotopic (exact) mass is 736 g/mol. The molecule has 16 nitrogen and oxygen atoms in total. The van der Waals surface area contributed by atoms with Gasteiger partial charge in [-0.3, -0.25) is 33.6 Å². The van der Waals surface area contributed by atoms with Gasteiger partial charge in [0.15, 0.2) is 0 Å². The second-order valence-corrected chi connectivity index (χ2v) is 14.5. The normalized spacial score (nSPS) is 22.0. The van der Waals surface area contributed by atoms with E-state index in [2.05, 4.69) is 31.9 Å². The fourth-order valence-corrected chi connectivity index (χ4v) is 6.12. The van der Waals surface area contributed by atoms with Gasteiger partial charge in [-0.15, -0.1) is 0 Å². The van der Waals surface area contributed by atoms with E-state index in [9.17, 15) is 38.4 Å². The van der Waals surface area contributed by atoms with Crippen LogP contribution in [-0.4, -0.2) is 96.8 Å². The summed E-state index contributed by atoms with van der Waals surface area (Å²) < 4.78 is 10.3. The van der Waals surface area contributed by atoms with Crippen LogP contribution >= 0.6 is 0 Å². The number of esters is 1. The van der Waals surface area contributed by atoms with Crippen molar-refractivity contribution in [1.29, 1.82) is 0 Å². The molecular formula is C36H60N6O10. The first-order valence-corrected chi connectivity index (χ1v) is 18.8. The van der Waals surface area contributed by atoms with Gasteiger partial charge in [-0.05, 0) is 84.5 Å². The average Bonchev–Trinajstić information content (AvgIpc) is 3.09. The van der Waals surface area contributed by atoms with Gasteiger partial charge < -0.3 is 41.4 Å². The molecule has 4 unspecified atom stereocenters. The van der Waals surface area contributed by atoms with E-state index in [1.54, 1.807) is 27.7 Å². The molecule has 16 heteroatoms. The minimum Gasteiger partial charge on any atom is -0.464 e. The Kier molecular flexibility index (Phi) is 19.1. The molecule has 0 radical (unpaired) electrons. The first-order valence-electron chi connectivity index (χ1n) is 18.8. The third-order valence-electron chi connectivity index (χ3n) is 8.77. The molecule has 6 N–H and O–H groups in total. The summed E-state index contributed by atoms with van der Waals surface area (Å²) in [7, 11) is 0. The Morgan fingerprint density at radius 3 is 2.19 bits per heavy atom. The summed E-state index contributed by atoms with van der Waals surface area (Å²) in [5.74, 6) is -5.08. The Hall–Kier alpha value is -4.24. The zero-order chi connectivity index (χ0) is 38.7. The van der Waals surface area contributed by atoms with E-state index in [0.717, 1.165) is 19.3 Å². The van der Waals surface area contributed by atoms with Crippen molar-refractivity contribution in [3.8, 4) is 0 Å². The number of ketones is 1. The number of hydrogen-bond acceptors (Lipinski definition) is 10. The highest BCUT2D eigenvalue weighted by Crippen LogP contribution is 2.27. The molecule has 4 atom stereocenters. The number of alkyl carbamates (subject to hydrolysis) is 1. The summed E-state index contributed by atoms with van der Waals surface area (Å²) in [5.41, 5.74) is -0.828. The van der Waals surface area contributed by atoms with E-state index < -0.39 is 77.8 Å². The van der Waals surface area contributed by atoms with Crippen LogP contribution in [0.1, 0.15) is 125 Å². The molecular weight excluding hydrogens is 676 g/mol. The van der Waals surface area contributed by atoms with Crippen molar-refractivity contribution in [2.24, 2.45) is 5.92 Å². The smallest absolute Gasteiger partial charge is 0.408 e. The maximum Gasteiger partial charge on any atom is 0.408 e. The standard InChI is InChI=1S/C36H60N6O10/c1-6-14-24(30(45)34(49)38-22-28(44)51-21-7-2)39-31(46)25-17-11-12-20-37-27(43)19-13-18-26(41-35(50)52-36(3,4)5)32(47)42-29(33(48)40-25)23-15-9-8-10-16-23/h23-26,29H,6-22H2,1-5H3,(H,37,43)(H,38,49)(H,39,46)(H,40,48)(H,41,50)(H,42,47). The molecule has 2 aliphatic rings. The Balaban J connectivity index is 2.33. The maximum absolute atomic E-state index is 14.1. The molecule has 1 heterocycles. The van der Waals surface area contributed by atoms with Gasteiger partial charge in [0.25, 0.3) is 5.91 Å². The summed E-state index contributed by atoms with van der Waals surface area (Å²) in [4.78, 5) is 104. The lowest BCUT2D eigenvalue weighted by Crippen LogP contribution is -2.60. The molecule has 1 saturated carbocycles. The van der Waals surface area contributed by atoms with E-state index in [0.29, 0.717) is 51.5 Å². The second-order valence-electron chi connectivity index (χ2n) is 14.5. The van der Waals surface area contributed by atoms with Gasteiger partial charge in [0.1, 0.15) is 30.3 Å². The third-order valence-corrected chi connectivity index (χ3v) is 8.77. The summed E-state index contributed by atoms with van der Waals surface area (Å²) >= 11 is 0. The van der Waals surface area contributed by atoms with Crippen molar-refractivity contribution in [2.45, 2.75) is 154 Å². The molecule has 0 aromatic carbocycles. The molecule has 6 amide bonds. The summed E-state index contributed by atoms with van der Waals surface area (Å²) in [6.07, 6.45) is 5.91. The Bertz CT molecular complexity index is 1250. The van der Waals surface area contributed by atoms with Crippen molar-refractivity contribution >= 4 is 47.4 Å². The van der Waals surface area contributed by atoms with Crippen molar-refractivity contribution in [3.63, 3.8) is 0 Å². The molecule has 1 saturated heterocycles. The topological polar surface area (TPSA) is 227 Å². The number of amides is 6. The number of rotatable bonds is 12.